The van der Waals surface area contributed by atoms with Crippen molar-refractivity contribution in [2.24, 2.45) is 16.8 Å². The Morgan fingerprint density at radius 1 is 1.24 bits per heavy atom. The number of aliphatic imine (C=N–C) groups is 1. The lowest BCUT2D eigenvalue weighted by molar-refractivity contribution is -0.137. The van der Waals surface area contributed by atoms with E-state index in [1.54, 1.807) is 48.4 Å². The van der Waals surface area contributed by atoms with Gasteiger partial charge in [-0.25, -0.2) is 4.39 Å². The van der Waals surface area contributed by atoms with Crippen LogP contribution in [0.1, 0.15) is 57.4 Å². The molecule has 2 saturated heterocycles. The minimum absolute atomic E-state index is 0.0306. The topological polar surface area (TPSA) is 120 Å². The summed E-state index contributed by atoms with van der Waals surface area (Å²) in [5.74, 6) is -0.493. The van der Waals surface area contributed by atoms with Gasteiger partial charge >= 0.3 is 5.97 Å². The second-order valence-corrected chi connectivity index (χ2v) is 10.8. The second-order valence-electron chi connectivity index (χ2n) is 10.8. The summed E-state index contributed by atoms with van der Waals surface area (Å²) in [5.41, 5.74) is 2.08. The van der Waals surface area contributed by atoms with E-state index in [2.05, 4.69) is 22.3 Å². The summed E-state index contributed by atoms with van der Waals surface area (Å²) in [6.07, 6.45) is 7.98. The van der Waals surface area contributed by atoms with E-state index in [9.17, 15) is 23.9 Å². The van der Waals surface area contributed by atoms with Crippen LogP contribution < -0.4 is 15.4 Å². The Morgan fingerprint density at radius 2 is 1.98 bits per heavy atom. The molecule has 2 aliphatic rings. The van der Waals surface area contributed by atoms with Gasteiger partial charge in [0, 0.05) is 25.7 Å². The molecule has 9 nitrogen and oxygen atoms in total. The maximum atomic E-state index is 13.3. The highest BCUT2D eigenvalue weighted by atomic mass is 19.1. The van der Waals surface area contributed by atoms with Gasteiger partial charge in [-0.1, -0.05) is 18.2 Å². The SMILES string of the molecule is C=NC=C(C=C(C)C(CC(=O)O)NC(=O)C1CCCN(C(=O)CCC2CCNCC2)C1)c1ccc(OCCF)cc1. The highest BCUT2D eigenvalue weighted by Gasteiger charge is 2.30. The van der Waals surface area contributed by atoms with Gasteiger partial charge in [0.1, 0.15) is 19.0 Å². The average Bonchev–Trinajstić information content (AvgIpc) is 2.98. The Labute approximate surface area is 241 Å². The third-order valence-electron chi connectivity index (χ3n) is 7.76. The van der Waals surface area contributed by atoms with Gasteiger partial charge in [0.25, 0.3) is 0 Å². The molecule has 224 valence electrons. The van der Waals surface area contributed by atoms with E-state index in [0.717, 1.165) is 44.3 Å². The lowest BCUT2D eigenvalue weighted by Crippen LogP contribution is -2.48. The van der Waals surface area contributed by atoms with E-state index < -0.39 is 24.6 Å². The van der Waals surface area contributed by atoms with Crippen molar-refractivity contribution in [2.45, 2.75) is 57.9 Å². The van der Waals surface area contributed by atoms with Crippen molar-refractivity contribution in [1.29, 1.82) is 0 Å². The van der Waals surface area contributed by atoms with E-state index in [-0.39, 0.29) is 24.8 Å². The molecule has 2 heterocycles. The van der Waals surface area contributed by atoms with Gasteiger partial charge in [0.15, 0.2) is 0 Å². The molecule has 2 amide bonds. The van der Waals surface area contributed by atoms with Crippen LogP contribution in [0, 0.1) is 11.8 Å². The molecule has 3 N–H and O–H groups in total. The lowest BCUT2D eigenvalue weighted by Gasteiger charge is -2.33. The van der Waals surface area contributed by atoms with Gasteiger partial charge < -0.3 is 25.4 Å². The largest absolute Gasteiger partial charge is 0.491 e. The molecule has 2 aliphatic heterocycles. The van der Waals surface area contributed by atoms with Crippen LogP contribution in [0.2, 0.25) is 0 Å². The number of carboxylic acids is 1. The number of hydrogen-bond donors (Lipinski definition) is 3. The Bertz CT molecular complexity index is 1100. The number of aliphatic carboxylic acids is 1. The highest BCUT2D eigenvalue weighted by molar-refractivity contribution is 5.83. The molecule has 2 atom stereocenters. The zero-order valence-electron chi connectivity index (χ0n) is 23.9. The van der Waals surface area contributed by atoms with Crippen molar-refractivity contribution in [3.8, 4) is 5.75 Å². The van der Waals surface area contributed by atoms with Crippen LogP contribution in [-0.4, -0.2) is 80.0 Å². The minimum Gasteiger partial charge on any atom is -0.491 e. The van der Waals surface area contributed by atoms with Crippen LogP contribution in [0.4, 0.5) is 4.39 Å². The Balaban J connectivity index is 1.65. The molecule has 1 aromatic rings. The van der Waals surface area contributed by atoms with Crippen molar-refractivity contribution in [3.05, 3.63) is 47.7 Å². The normalized spacial score (nSPS) is 19.4. The molecule has 0 aliphatic carbocycles. The maximum absolute atomic E-state index is 13.3. The Morgan fingerprint density at radius 3 is 2.63 bits per heavy atom. The number of ether oxygens (including phenoxy) is 1. The maximum Gasteiger partial charge on any atom is 0.305 e. The van der Waals surface area contributed by atoms with E-state index in [0.29, 0.717) is 48.7 Å². The van der Waals surface area contributed by atoms with Crippen molar-refractivity contribution < 1.29 is 28.6 Å². The number of carboxylic acid groups (broad SMARTS) is 1. The van der Waals surface area contributed by atoms with Crippen molar-refractivity contribution in [3.63, 3.8) is 0 Å². The quantitative estimate of drug-likeness (QED) is 0.230. The van der Waals surface area contributed by atoms with E-state index >= 15 is 0 Å². The smallest absolute Gasteiger partial charge is 0.305 e. The van der Waals surface area contributed by atoms with Crippen molar-refractivity contribution in [1.82, 2.24) is 15.5 Å². The summed E-state index contributed by atoms with van der Waals surface area (Å²) >= 11 is 0. The van der Waals surface area contributed by atoms with Crippen LogP contribution in [0.3, 0.4) is 0 Å². The molecule has 1 aromatic carbocycles. The number of carbonyl (C=O) groups excluding carboxylic acids is 2. The third kappa shape index (κ3) is 10.4. The van der Waals surface area contributed by atoms with Gasteiger partial charge in [-0.15, -0.1) is 0 Å². The molecule has 41 heavy (non-hydrogen) atoms. The molecule has 2 fully saturated rings. The van der Waals surface area contributed by atoms with Crippen LogP contribution >= 0.6 is 0 Å². The van der Waals surface area contributed by atoms with E-state index in [1.807, 2.05) is 0 Å². The molecule has 2 unspecified atom stereocenters. The first-order valence-electron chi connectivity index (χ1n) is 14.4. The predicted molar refractivity (Wildman–Crippen MR) is 158 cm³/mol. The molecular weight excluding hydrogens is 527 g/mol. The summed E-state index contributed by atoms with van der Waals surface area (Å²) in [6.45, 7) is 7.68. The van der Waals surface area contributed by atoms with Crippen molar-refractivity contribution >= 4 is 30.1 Å². The number of carbonyl (C=O) groups is 3. The molecule has 0 saturated carbocycles. The first kappa shape index (κ1) is 32.0. The Hall–Kier alpha value is -3.53. The third-order valence-corrected chi connectivity index (χ3v) is 7.76. The molecule has 10 heteroatoms. The number of benzene rings is 1. The number of rotatable bonds is 14. The average molecular weight is 571 g/mol. The van der Waals surface area contributed by atoms with E-state index in [1.165, 1.54) is 0 Å². The van der Waals surface area contributed by atoms with Crippen LogP contribution in [0.15, 0.2) is 47.1 Å². The number of nitrogens with one attached hydrogen (secondary N) is 2. The van der Waals surface area contributed by atoms with Gasteiger partial charge in [-0.2, -0.15) is 0 Å². The first-order valence-corrected chi connectivity index (χ1v) is 14.4. The number of amides is 2. The number of hydrogen-bond acceptors (Lipinski definition) is 6. The number of piperidine rings is 2. The number of allylic oxidation sites excluding steroid dienone is 2. The molecule has 0 bridgehead atoms. The lowest BCUT2D eigenvalue weighted by atomic mass is 9.92. The fourth-order valence-corrected chi connectivity index (χ4v) is 5.40. The predicted octanol–water partition coefficient (Wildman–Crippen LogP) is 4.00. The van der Waals surface area contributed by atoms with Crippen LogP contribution in [0.5, 0.6) is 5.75 Å². The summed E-state index contributed by atoms with van der Waals surface area (Å²) in [4.78, 5) is 43.6. The number of likely N-dealkylation sites (tertiary alicyclic amines) is 1. The number of alkyl halides is 1. The highest BCUT2D eigenvalue weighted by Crippen LogP contribution is 2.25. The van der Waals surface area contributed by atoms with Gasteiger partial charge in [-0.05, 0) is 93.6 Å². The summed E-state index contributed by atoms with van der Waals surface area (Å²) in [6, 6.07) is 6.26. The minimum atomic E-state index is -1.04. The monoisotopic (exact) mass is 570 g/mol. The number of nitrogens with zero attached hydrogens (tertiary/aromatic N) is 2. The van der Waals surface area contributed by atoms with Crippen LogP contribution in [0.25, 0.3) is 5.57 Å². The molecule has 0 radical (unpaired) electrons. The number of halogens is 1. The Kier molecular flexibility index (Phi) is 13.0. The van der Waals surface area contributed by atoms with Crippen LogP contribution in [-0.2, 0) is 14.4 Å². The van der Waals surface area contributed by atoms with Gasteiger partial charge in [0.05, 0.1) is 18.4 Å². The summed E-state index contributed by atoms with van der Waals surface area (Å²) in [7, 11) is 0. The fraction of sp³-hybridized carbons (Fsp3) is 0.548. The zero-order valence-corrected chi connectivity index (χ0v) is 23.9. The molecule has 3 rings (SSSR count). The second kappa shape index (κ2) is 16.7. The van der Waals surface area contributed by atoms with E-state index in [4.69, 9.17) is 4.74 Å². The van der Waals surface area contributed by atoms with Gasteiger partial charge in [-0.3, -0.25) is 19.4 Å². The molecule has 0 aromatic heterocycles. The fourth-order valence-electron chi connectivity index (χ4n) is 5.40. The van der Waals surface area contributed by atoms with Gasteiger partial charge in [0.2, 0.25) is 11.8 Å². The summed E-state index contributed by atoms with van der Waals surface area (Å²) in [5, 5.41) is 15.9. The molecular formula is C31H43FN4O5. The summed E-state index contributed by atoms with van der Waals surface area (Å²) < 4.78 is 17.7. The molecule has 0 spiro atoms. The standard InChI is InChI=1S/C31H43FN4O5/c1-22(18-26(20-33-2)24-6-8-27(9-7-24)41-17-13-32)28(19-30(38)39)35-31(40)25-4-3-16-36(21-25)29(37)10-5-23-11-14-34-15-12-23/h6-9,18,20,23,25,28,34H,2-5,10-17,19,21H2,1H3,(H,35,40)(H,38,39). The van der Waals surface area contributed by atoms with Crippen molar-refractivity contribution in [2.75, 3.05) is 39.5 Å². The first-order chi connectivity index (χ1) is 19.8. The zero-order chi connectivity index (χ0) is 29.6.